The van der Waals surface area contributed by atoms with Gasteiger partial charge in [-0.1, -0.05) is 0 Å². The molecule has 0 radical (unpaired) electrons. The molecule has 1 rings (SSSR count). The van der Waals surface area contributed by atoms with E-state index in [-0.39, 0.29) is 12.5 Å². The van der Waals surface area contributed by atoms with E-state index >= 15 is 0 Å². The van der Waals surface area contributed by atoms with Gasteiger partial charge >= 0.3 is 5.97 Å². The number of nitrogens with two attached hydrogens (primary N) is 1. The number of esters is 1. The van der Waals surface area contributed by atoms with Crippen LogP contribution in [0.1, 0.15) is 10.4 Å². The fourth-order valence-corrected chi connectivity index (χ4v) is 1.23. The number of anilines is 2. The van der Waals surface area contributed by atoms with Crippen LogP contribution in [-0.4, -0.2) is 32.7 Å². The zero-order valence-corrected chi connectivity index (χ0v) is 9.65. The molecule has 0 saturated carbocycles. The monoisotopic (exact) mass is 238 g/mol. The highest BCUT2D eigenvalue weighted by molar-refractivity contribution is 5.98. The van der Waals surface area contributed by atoms with Crippen molar-refractivity contribution in [1.82, 2.24) is 0 Å². The van der Waals surface area contributed by atoms with E-state index in [2.05, 4.69) is 14.8 Å². The van der Waals surface area contributed by atoms with Gasteiger partial charge in [-0.05, 0) is 18.2 Å². The molecule has 0 bridgehead atoms. The molecule has 17 heavy (non-hydrogen) atoms. The molecule has 0 atom stereocenters. The number of benzene rings is 1. The van der Waals surface area contributed by atoms with Crippen LogP contribution in [0.15, 0.2) is 18.2 Å². The van der Waals surface area contributed by atoms with E-state index in [1.54, 1.807) is 0 Å². The molecular formula is C11H14N2O4. The molecule has 0 aliphatic rings. The van der Waals surface area contributed by atoms with E-state index in [9.17, 15) is 9.59 Å². The van der Waals surface area contributed by atoms with E-state index in [1.165, 1.54) is 32.4 Å². The molecule has 6 heteroatoms. The van der Waals surface area contributed by atoms with Crippen molar-refractivity contribution in [2.75, 3.05) is 31.9 Å². The van der Waals surface area contributed by atoms with E-state index < -0.39 is 5.97 Å². The average molecular weight is 238 g/mol. The van der Waals surface area contributed by atoms with E-state index in [0.717, 1.165) is 0 Å². The molecule has 0 heterocycles. The van der Waals surface area contributed by atoms with Gasteiger partial charge in [0.1, 0.15) is 6.61 Å². The fourth-order valence-electron chi connectivity index (χ4n) is 1.23. The normalized spacial score (nSPS) is 9.76. The first kappa shape index (κ1) is 13.0. The van der Waals surface area contributed by atoms with E-state index in [4.69, 9.17) is 5.73 Å². The third kappa shape index (κ3) is 3.46. The minimum Gasteiger partial charge on any atom is -0.465 e. The van der Waals surface area contributed by atoms with Crippen molar-refractivity contribution in [3.63, 3.8) is 0 Å². The minimum absolute atomic E-state index is 0.0815. The lowest BCUT2D eigenvalue weighted by Crippen LogP contribution is -2.18. The Kier molecular flexibility index (Phi) is 4.47. The number of hydrogen-bond donors (Lipinski definition) is 2. The Labute approximate surface area is 98.7 Å². The van der Waals surface area contributed by atoms with Crippen molar-refractivity contribution in [2.24, 2.45) is 0 Å². The van der Waals surface area contributed by atoms with Crippen LogP contribution in [0.2, 0.25) is 0 Å². The van der Waals surface area contributed by atoms with Gasteiger partial charge in [0.2, 0.25) is 5.91 Å². The molecule has 1 aromatic rings. The summed E-state index contributed by atoms with van der Waals surface area (Å²) >= 11 is 0. The second kappa shape index (κ2) is 5.86. The topological polar surface area (TPSA) is 90.6 Å². The van der Waals surface area contributed by atoms with Crippen molar-refractivity contribution in [3.05, 3.63) is 23.8 Å². The quantitative estimate of drug-likeness (QED) is 0.593. The molecule has 0 unspecified atom stereocenters. The average Bonchev–Trinajstić information content (AvgIpc) is 2.31. The van der Waals surface area contributed by atoms with Gasteiger partial charge in [-0.3, -0.25) is 4.79 Å². The molecule has 1 amide bonds. The van der Waals surface area contributed by atoms with E-state index in [0.29, 0.717) is 16.9 Å². The Morgan fingerprint density at radius 2 is 2.06 bits per heavy atom. The molecule has 0 aliphatic heterocycles. The molecule has 0 aliphatic carbocycles. The number of hydrogen-bond acceptors (Lipinski definition) is 5. The van der Waals surface area contributed by atoms with Crippen LogP contribution < -0.4 is 11.1 Å². The van der Waals surface area contributed by atoms with Gasteiger partial charge in [-0.25, -0.2) is 4.79 Å². The van der Waals surface area contributed by atoms with Crippen LogP contribution in [0.4, 0.5) is 11.4 Å². The number of nitrogens with one attached hydrogen (secondary N) is 1. The highest BCUT2D eigenvalue weighted by Gasteiger charge is 2.10. The molecule has 0 spiro atoms. The summed E-state index contributed by atoms with van der Waals surface area (Å²) in [6.45, 7) is -0.0815. The molecule has 6 nitrogen and oxygen atoms in total. The molecule has 1 aromatic carbocycles. The first-order valence-corrected chi connectivity index (χ1v) is 4.85. The molecule has 0 aromatic heterocycles. The minimum atomic E-state index is -0.493. The van der Waals surface area contributed by atoms with Crippen LogP contribution >= 0.6 is 0 Å². The second-order valence-electron chi connectivity index (χ2n) is 3.27. The van der Waals surface area contributed by atoms with Crippen LogP contribution in [0.3, 0.4) is 0 Å². The maximum atomic E-state index is 11.3. The van der Waals surface area contributed by atoms with Gasteiger partial charge < -0.3 is 20.5 Å². The summed E-state index contributed by atoms with van der Waals surface area (Å²) in [4.78, 5) is 22.6. The predicted octanol–water partition coefficient (Wildman–Crippen LogP) is 0.640. The predicted molar refractivity (Wildman–Crippen MR) is 62.7 cm³/mol. The molecule has 0 saturated heterocycles. The van der Waals surface area contributed by atoms with Gasteiger partial charge in [-0.2, -0.15) is 0 Å². The van der Waals surface area contributed by atoms with Crippen molar-refractivity contribution < 1.29 is 19.1 Å². The van der Waals surface area contributed by atoms with Gasteiger partial charge in [0.15, 0.2) is 0 Å². The number of methoxy groups -OCH3 is 2. The Hall–Kier alpha value is -2.08. The fraction of sp³-hybridized carbons (Fsp3) is 0.273. The number of rotatable bonds is 4. The molecular weight excluding hydrogens is 224 g/mol. The zero-order valence-electron chi connectivity index (χ0n) is 9.65. The van der Waals surface area contributed by atoms with Gasteiger partial charge in [0, 0.05) is 7.11 Å². The summed E-state index contributed by atoms with van der Waals surface area (Å²) in [5.74, 6) is -0.839. The largest absolute Gasteiger partial charge is 0.465 e. The summed E-state index contributed by atoms with van der Waals surface area (Å²) in [6.07, 6.45) is 0. The third-order valence-corrected chi connectivity index (χ3v) is 2.02. The molecule has 92 valence electrons. The van der Waals surface area contributed by atoms with Crippen LogP contribution in [-0.2, 0) is 14.3 Å². The first-order valence-electron chi connectivity index (χ1n) is 4.85. The lowest BCUT2D eigenvalue weighted by molar-refractivity contribution is -0.119. The first-order chi connectivity index (χ1) is 8.08. The standard InChI is InChI=1S/C11H14N2O4/c1-16-6-10(14)13-9-5-7(11(15)17-2)3-4-8(9)12/h3-5H,6,12H2,1-2H3,(H,13,14). The number of carbonyl (C=O) groups is 2. The Morgan fingerprint density at radius 1 is 1.35 bits per heavy atom. The van der Waals surface area contributed by atoms with Gasteiger partial charge in [-0.15, -0.1) is 0 Å². The van der Waals surface area contributed by atoms with Crippen molar-refractivity contribution in [2.45, 2.75) is 0 Å². The van der Waals surface area contributed by atoms with Gasteiger partial charge in [0.25, 0.3) is 0 Å². The second-order valence-corrected chi connectivity index (χ2v) is 3.27. The molecule has 0 fully saturated rings. The highest BCUT2D eigenvalue weighted by Crippen LogP contribution is 2.20. The van der Waals surface area contributed by atoms with Crippen molar-refractivity contribution in [1.29, 1.82) is 0 Å². The zero-order chi connectivity index (χ0) is 12.8. The summed E-state index contributed by atoms with van der Waals surface area (Å²) in [5.41, 5.74) is 6.70. The maximum absolute atomic E-state index is 11.3. The number of carbonyl (C=O) groups excluding carboxylic acids is 2. The number of nitrogen functional groups attached to an aromatic ring is 1. The van der Waals surface area contributed by atoms with E-state index in [1.807, 2.05) is 0 Å². The van der Waals surface area contributed by atoms with Crippen LogP contribution in [0.5, 0.6) is 0 Å². The van der Waals surface area contributed by atoms with Crippen LogP contribution in [0.25, 0.3) is 0 Å². The smallest absolute Gasteiger partial charge is 0.337 e. The summed E-state index contributed by atoms with van der Waals surface area (Å²) in [5, 5.41) is 2.53. The third-order valence-electron chi connectivity index (χ3n) is 2.02. The summed E-state index contributed by atoms with van der Waals surface area (Å²) < 4.78 is 9.24. The summed E-state index contributed by atoms with van der Waals surface area (Å²) in [7, 11) is 2.69. The van der Waals surface area contributed by atoms with Crippen molar-refractivity contribution >= 4 is 23.3 Å². The Bertz CT molecular complexity index is 431. The van der Waals surface area contributed by atoms with Gasteiger partial charge in [0.05, 0.1) is 24.0 Å². The summed E-state index contributed by atoms with van der Waals surface area (Å²) in [6, 6.07) is 4.50. The lowest BCUT2D eigenvalue weighted by atomic mass is 10.1. The van der Waals surface area contributed by atoms with Crippen molar-refractivity contribution in [3.8, 4) is 0 Å². The lowest BCUT2D eigenvalue weighted by Gasteiger charge is -2.09. The Morgan fingerprint density at radius 3 is 2.65 bits per heavy atom. The maximum Gasteiger partial charge on any atom is 0.337 e. The SMILES string of the molecule is COCC(=O)Nc1cc(C(=O)OC)ccc1N. The number of ether oxygens (including phenoxy) is 2. The van der Waals surface area contributed by atoms with Crippen LogP contribution in [0, 0.1) is 0 Å². The Balaban J connectivity index is 2.90. The molecule has 3 N–H and O–H groups in total. The highest BCUT2D eigenvalue weighted by atomic mass is 16.5. The number of amides is 1.